The highest BCUT2D eigenvalue weighted by molar-refractivity contribution is 9.10. The average Bonchev–Trinajstić information content (AvgIpc) is 2.54. The molecule has 0 fully saturated rings. The number of nitrogens with zero attached hydrogens (tertiary/aromatic N) is 1. The van der Waals surface area contributed by atoms with Crippen molar-refractivity contribution in [3.63, 3.8) is 0 Å². The molecule has 0 aliphatic carbocycles. The number of aryl methyl sites for hydroxylation is 1. The zero-order valence-electron chi connectivity index (χ0n) is 8.37. The van der Waals surface area contributed by atoms with Crippen molar-refractivity contribution in [1.29, 1.82) is 0 Å². The first-order valence-electron chi connectivity index (χ1n) is 4.90. The van der Waals surface area contributed by atoms with Gasteiger partial charge in [-0.25, -0.2) is 0 Å². The van der Waals surface area contributed by atoms with E-state index < -0.39 is 0 Å². The maximum atomic E-state index is 3.51. The summed E-state index contributed by atoms with van der Waals surface area (Å²) in [4.78, 5) is 0. The van der Waals surface area contributed by atoms with E-state index in [1.807, 2.05) is 0 Å². The van der Waals surface area contributed by atoms with Crippen LogP contribution in [0.25, 0.3) is 21.8 Å². The van der Waals surface area contributed by atoms with Crippen LogP contribution in [0.2, 0.25) is 0 Å². The third-order valence-electron chi connectivity index (χ3n) is 2.88. The minimum absolute atomic E-state index is 1.13. The molecule has 1 heterocycles. The quantitative estimate of drug-likeness (QED) is 0.573. The highest BCUT2D eigenvalue weighted by Gasteiger charge is 2.06. The summed E-state index contributed by atoms with van der Waals surface area (Å²) < 4.78 is 3.36. The van der Waals surface area contributed by atoms with E-state index in [0.29, 0.717) is 0 Å². The van der Waals surface area contributed by atoms with E-state index in [1.54, 1.807) is 0 Å². The van der Waals surface area contributed by atoms with Crippen LogP contribution in [0.3, 0.4) is 0 Å². The van der Waals surface area contributed by atoms with Crippen LogP contribution in [0, 0.1) is 0 Å². The molecule has 2 heteroatoms. The second-order valence-electron chi connectivity index (χ2n) is 3.74. The molecule has 3 rings (SSSR count). The van der Waals surface area contributed by atoms with Crippen molar-refractivity contribution < 1.29 is 0 Å². The Morgan fingerprint density at radius 1 is 0.933 bits per heavy atom. The predicted octanol–water partition coefficient (Wildman–Crippen LogP) is 4.09. The monoisotopic (exact) mass is 259 g/mol. The first-order valence-corrected chi connectivity index (χ1v) is 5.69. The molecule has 0 atom stereocenters. The lowest BCUT2D eigenvalue weighted by Crippen LogP contribution is -1.85. The third-order valence-corrected chi connectivity index (χ3v) is 3.37. The maximum Gasteiger partial charge on any atom is 0.0500 e. The SMILES string of the molecule is Cn1c2ccccc2c2ccc(Br)cc21. The molecule has 0 saturated heterocycles. The van der Waals surface area contributed by atoms with Crippen molar-refractivity contribution in [2.75, 3.05) is 0 Å². The Morgan fingerprint density at radius 3 is 2.53 bits per heavy atom. The Morgan fingerprint density at radius 2 is 1.67 bits per heavy atom. The van der Waals surface area contributed by atoms with Gasteiger partial charge in [0, 0.05) is 33.3 Å². The Labute approximate surface area is 96.4 Å². The van der Waals surface area contributed by atoms with Crippen molar-refractivity contribution >= 4 is 37.7 Å². The number of rotatable bonds is 0. The normalized spacial score (nSPS) is 11.3. The van der Waals surface area contributed by atoms with Gasteiger partial charge in [0.2, 0.25) is 0 Å². The molecule has 0 bridgehead atoms. The summed E-state index contributed by atoms with van der Waals surface area (Å²) >= 11 is 3.51. The van der Waals surface area contributed by atoms with Gasteiger partial charge in [-0.2, -0.15) is 0 Å². The Hall–Kier alpha value is -1.28. The van der Waals surface area contributed by atoms with E-state index in [0.717, 1.165) is 4.47 Å². The van der Waals surface area contributed by atoms with Gasteiger partial charge < -0.3 is 4.57 Å². The Bertz CT molecular complexity index is 652. The van der Waals surface area contributed by atoms with Crippen LogP contribution in [-0.4, -0.2) is 4.57 Å². The van der Waals surface area contributed by atoms with Crippen LogP contribution in [-0.2, 0) is 7.05 Å². The molecule has 3 aromatic rings. The first kappa shape index (κ1) is 8.98. The van der Waals surface area contributed by atoms with Crippen molar-refractivity contribution in [3.8, 4) is 0 Å². The zero-order chi connectivity index (χ0) is 10.4. The maximum absolute atomic E-state index is 3.51. The molecule has 0 spiro atoms. The largest absolute Gasteiger partial charge is 0.344 e. The van der Waals surface area contributed by atoms with Gasteiger partial charge in [-0.05, 0) is 18.2 Å². The van der Waals surface area contributed by atoms with Gasteiger partial charge in [-0.1, -0.05) is 40.2 Å². The third kappa shape index (κ3) is 1.21. The summed E-state index contributed by atoms with van der Waals surface area (Å²) in [5.74, 6) is 0. The van der Waals surface area contributed by atoms with Crippen LogP contribution < -0.4 is 0 Å². The number of para-hydroxylation sites is 1. The van der Waals surface area contributed by atoms with Gasteiger partial charge in [-0.3, -0.25) is 0 Å². The lowest BCUT2D eigenvalue weighted by Gasteiger charge is -1.97. The number of benzene rings is 2. The van der Waals surface area contributed by atoms with Crippen LogP contribution >= 0.6 is 15.9 Å². The molecule has 1 aromatic heterocycles. The zero-order valence-corrected chi connectivity index (χ0v) is 9.95. The molecule has 0 saturated carbocycles. The molecule has 0 aliphatic rings. The molecule has 2 aromatic carbocycles. The van der Waals surface area contributed by atoms with E-state index in [4.69, 9.17) is 0 Å². The molecule has 0 N–H and O–H groups in total. The molecular formula is C13H10BrN. The number of aromatic nitrogens is 1. The molecular weight excluding hydrogens is 250 g/mol. The fraction of sp³-hybridized carbons (Fsp3) is 0.0769. The molecule has 0 amide bonds. The molecule has 74 valence electrons. The van der Waals surface area contributed by atoms with Crippen molar-refractivity contribution in [1.82, 2.24) is 4.57 Å². The van der Waals surface area contributed by atoms with Crippen LogP contribution in [0.4, 0.5) is 0 Å². The fourth-order valence-electron chi connectivity index (χ4n) is 2.13. The molecule has 15 heavy (non-hydrogen) atoms. The van der Waals surface area contributed by atoms with Crippen LogP contribution in [0.1, 0.15) is 0 Å². The summed E-state index contributed by atoms with van der Waals surface area (Å²) in [6.07, 6.45) is 0. The Kier molecular flexibility index (Phi) is 1.86. The van der Waals surface area contributed by atoms with Gasteiger partial charge in [0.25, 0.3) is 0 Å². The van der Waals surface area contributed by atoms with E-state index in [9.17, 15) is 0 Å². The topological polar surface area (TPSA) is 4.93 Å². The molecule has 0 unspecified atom stereocenters. The van der Waals surface area contributed by atoms with Crippen LogP contribution in [0.5, 0.6) is 0 Å². The lowest BCUT2D eigenvalue weighted by atomic mass is 10.2. The van der Waals surface area contributed by atoms with Gasteiger partial charge in [-0.15, -0.1) is 0 Å². The van der Waals surface area contributed by atoms with E-state index in [-0.39, 0.29) is 0 Å². The van der Waals surface area contributed by atoms with Crippen molar-refractivity contribution in [2.24, 2.45) is 7.05 Å². The molecule has 1 nitrogen and oxygen atoms in total. The minimum atomic E-state index is 1.13. The second kappa shape index (κ2) is 3.11. The number of hydrogen-bond acceptors (Lipinski definition) is 0. The van der Waals surface area contributed by atoms with Crippen LogP contribution in [0.15, 0.2) is 46.9 Å². The van der Waals surface area contributed by atoms with Crippen molar-refractivity contribution in [3.05, 3.63) is 46.9 Å². The fourth-order valence-corrected chi connectivity index (χ4v) is 2.48. The van der Waals surface area contributed by atoms with E-state index >= 15 is 0 Å². The number of halogens is 1. The van der Waals surface area contributed by atoms with Gasteiger partial charge in [0.05, 0.1) is 0 Å². The predicted molar refractivity (Wildman–Crippen MR) is 68.1 cm³/mol. The highest BCUT2D eigenvalue weighted by Crippen LogP contribution is 2.29. The summed E-state index contributed by atoms with van der Waals surface area (Å²) in [6, 6.07) is 14.9. The van der Waals surface area contributed by atoms with E-state index in [2.05, 4.69) is 70.0 Å². The molecule has 0 radical (unpaired) electrons. The number of fused-ring (bicyclic) bond motifs is 3. The summed E-state index contributed by atoms with van der Waals surface area (Å²) in [6.45, 7) is 0. The average molecular weight is 260 g/mol. The standard InChI is InChI=1S/C13H10BrN/c1-15-12-5-3-2-4-10(12)11-7-6-9(14)8-13(11)15/h2-8H,1H3. The smallest absolute Gasteiger partial charge is 0.0500 e. The minimum Gasteiger partial charge on any atom is -0.344 e. The summed E-state index contributed by atoms with van der Waals surface area (Å²) in [5.41, 5.74) is 2.55. The molecule has 0 aliphatic heterocycles. The van der Waals surface area contributed by atoms with Crippen molar-refractivity contribution in [2.45, 2.75) is 0 Å². The second-order valence-corrected chi connectivity index (χ2v) is 4.65. The van der Waals surface area contributed by atoms with Gasteiger partial charge >= 0.3 is 0 Å². The highest BCUT2D eigenvalue weighted by atomic mass is 79.9. The Balaban J connectivity index is 2.63. The van der Waals surface area contributed by atoms with Gasteiger partial charge in [0.15, 0.2) is 0 Å². The van der Waals surface area contributed by atoms with Gasteiger partial charge in [0.1, 0.15) is 0 Å². The summed E-state index contributed by atoms with van der Waals surface area (Å²) in [7, 11) is 2.11. The summed E-state index contributed by atoms with van der Waals surface area (Å²) in [5, 5.41) is 2.64. The van der Waals surface area contributed by atoms with E-state index in [1.165, 1.54) is 21.8 Å². The first-order chi connectivity index (χ1) is 7.27. The lowest BCUT2D eigenvalue weighted by molar-refractivity contribution is 1.01. The number of hydrogen-bond donors (Lipinski definition) is 0.